The minimum atomic E-state index is -0.132. The molecule has 5 nitrogen and oxygen atoms in total. The lowest BCUT2D eigenvalue weighted by Gasteiger charge is -2.13. The third-order valence-electron chi connectivity index (χ3n) is 3.77. The van der Waals surface area contributed by atoms with Crippen molar-refractivity contribution >= 4 is 10.8 Å². The van der Waals surface area contributed by atoms with Crippen molar-refractivity contribution in [1.82, 2.24) is 9.97 Å². The Morgan fingerprint density at radius 3 is 2.41 bits per heavy atom. The van der Waals surface area contributed by atoms with E-state index in [1.165, 1.54) is 0 Å². The Balaban J connectivity index is 2.33. The van der Waals surface area contributed by atoms with Crippen LogP contribution in [0.1, 0.15) is 5.56 Å². The van der Waals surface area contributed by atoms with Crippen molar-refractivity contribution < 1.29 is 9.47 Å². The van der Waals surface area contributed by atoms with E-state index in [-0.39, 0.29) is 5.56 Å². The number of nitrogens with zero attached hydrogens (tertiary/aromatic N) is 1. The lowest BCUT2D eigenvalue weighted by atomic mass is 10.00. The van der Waals surface area contributed by atoms with E-state index in [4.69, 9.17) is 9.47 Å². The van der Waals surface area contributed by atoms with E-state index in [9.17, 15) is 4.79 Å². The van der Waals surface area contributed by atoms with Gasteiger partial charge in [0.2, 0.25) is 0 Å². The Labute approximate surface area is 127 Å². The summed E-state index contributed by atoms with van der Waals surface area (Å²) in [5.74, 6) is 1.47. The van der Waals surface area contributed by atoms with Crippen LogP contribution < -0.4 is 15.0 Å². The van der Waals surface area contributed by atoms with Crippen LogP contribution in [0, 0.1) is 6.92 Å². The van der Waals surface area contributed by atoms with Gasteiger partial charge in [0.1, 0.15) is 11.5 Å². The number of hydrogen-bond donors (Lipinski definition) is 1. The van der Waals surface area contributed by atoms with Crippen LogP contribution in [-0.4, -0.2) is 24.2 Å². The first-order chi connectivity index (χ1) is 10.7. The minimum Gasteiger partial charge on any atom is -0.496 e. The predicted octanol–water partition coefficient (Wildman–Crippen LogP) is 2.92. The summed E-state index contributed by atoms with van der Waals surface area (Å²) < 4.78 is 10.8. The summed E-state index contributed by atoms with van der Waals surface area (Å²) in [6, 6.07) is 5.57. The lowest BCUT2D eigenvalue weighted by Crippen LogP contribution is -2.06. The molecule has 3 aromatic rings. The second-order valence-electron chi connectivity index (χ2n) is 4.96. The maximum atomic E-state index is 11.9. The van der Waals surface area contributed by atoms with Gasteiger partial charge in [0.05, 0.1) is 19.6 Å². The number of pyridine rings is 2. The molecule has 0 aliphatic heterocycles. The van der Waals surface area contributed by atoms with Gasteiger partial charge in [0.25, 0.3) is 5.56 Å². The van der Waals surface area contributed by atoms with E-state index in [2.05, 4.69) is 9.97 Å². The predicted molar refractivity (Wildman–Crippen MR) is 85.6 cm³/mol. The highest BCUT2D eigenvalue weighted by molar-refractivity contribution is 5.95. The third kappa shape index (κ3) is 2.20. The molecule has 2 aromatic heterocycles. The number of hydrogen-bond acceptors (Lipinski definition) is 4. The maximum absolute atomic E-state index is 11.9. The molecular weight excluding hydrogens is 280 g/mol. The van der Waals surface area contributed by atoms with Crippen molar-refractivity contribution in [1.29, 1.82) is 0 Å². The molecule has 0 spiro atoms. The Morgan fingerprint density at radius 2 is 1.77 bits per heavy atom. The highest BCUT2D eigenvalue weighted by Gasteiger charge is 2.13. The second-order valence-corrected chi connectivity index (χ2v) is 4.96. The van der Waals surface area contributed by atoms with Crippen molar-refractivity contribution in [3.8, 4) is 22.6 Å². The Hall–Kier alpha value is -2.82. The molecular formula is C17H16N2O3. The number of fused-ring (bicyclic) bond motifs is 1. The van der Waals surface area contributed by atoms with E-state index in [0.717, 1.165) is 33.6 Å². The number of aromatic nitrogens is 2. The zero-order valence-electron chi connectivity index (χ0n) is 12.6. The molecule has 0 radical (unpaired) electrons. The summed E-state index contributed by atoms with van der Waals surface area (Å²) in [6.07, 6.45) is 4.99. The van der Waals surface area contributed by atoms with Gasteiger partial charge in [-0.3, -0.25) is 9.78 Å². The number of rotatable bonds is 3. The van der Waals surface area contributed by atoms with Gasteiger partial charge in [0.15, 0.2) is 0 Å². The zero-order chi connectivity index (χ0) is 15.7. The molecule has 0 aliphatic carbocycles. The Morgan fingerprint density at radius 1 is 1.09 bits per heavy atom. The van der Waals surface area contributed by atoms with E-state index in [1.807, 2.05) is 19.1 Å². The van der Waals surface area contributed by atoms with Gasteiger partial charge in [-0.15, -0.1) is 0 Å². The van der Waals surface area contributed by atoms with Crippen molar-refractivity contribution in [3.05, 3.63) is 52.7 Å². The lowest BCUT2D eigenvalue weighted by molar-refractivity contribution is 0.389. The summed E-state index contributed by atoms with van der Waals surface area (Å²) in [5, 5.41) is 1.39. The van der Waals surface area contributed by atoms with Gasteiger partial charge in [-0.1, -0.05) is 0 Å². The molecule has 0 saturated heterocycles. The average Bonchev–Trinajstić information content (AvgIpc) is 2.56. The van der Waals surface area contributed by atoms with Crippen molar-refractivity contribution in [2.24, 2.45) is 0 Å². The van der Waals surface area contributed by atoms with Gasteiger partial charge in [0, 0.05) is 35.1 Å². The Kier molecular flexibility index (Phi) is 3.55. The first-order valence-electron chi connectivity index (χ1n) is 6.84. The fraction of sp³-hybridized carbons (Fsp3) is 0.176. The first kappa shape index (κ1) is 14.1. The summed E-state index contributed by atoms with van der Waals surface area (Å²) >= 11 is 0. The van der Waals surface area contributed by atoms with Crippen molar-refractivity contribution in [3.63, 3.8) is 0 Å². The third-order valence-corrected chi connectivity index (χ3v) is 3.77. The first-order valence-corrected chi connectivity index (χ1v) is 6.84. The number of H-pyrrole nitrogens is 1. The molecule has 0 unspecified atom stereocenters. The number of nitrogens with one attached hydrogen (secondary N) is 1. The largest absolute Gasteiger partial charge is 0.496 e. The maximum Gasteiger partial charge on any atom is 0.255 e. The van der Waals surface area contributed by atoms with Crippen LogP contribution in [-0.2, 0) is 0 Å². The molecule has 22 heavy (non-hydrogen) atoms. The van der Waals surface area contributed by atoms with Gasteiger partial charge >= 0.3 is 0 Å². The standard InChI is InChI=1S/C17H16N2O3/c1-10-15(21-2)6-11(7-16(10)22-3)13-9-19-17(20)12-4-5-18-8-14(12)13/h4-9H,1-3H3,(H,19,20). The van der Waals surface area contributed by atoms with Gasteiger partial charge in [-0.05, 0) is 30.7 Å². The molecule has 0 aliphatic rings. The van der Waals surface area contributed by atoms with Crippen molar-refractivity contribution in [2.75, 3.05) is 14.2 Å². The molecule has 1 N–H and O–H groups in total. The summed E-state index contributed by atoms with van der Waals surface area (Å²) in [4.78, 5) is 18.8. The Bertz CT molecular complexity index is 875. The number of methoxy groups -OCH3 is 2. The summed E-state index contributed by atoms with van der Waals surface area (Å²) in [7, 11) is 3.25. The van der Waals surface area contributed by atoms with Crippen LogP contribution in [0.2, 0.25) is 0 Å². The molecule has 2 heterocycles. The van der Waals surface area contributed by atoms with Crippen LogP contribution in [0.15, 0.2) is 41.6 Å². The fourth-order valence-electron chi connectivity index (χ4n) is 2.58. The van der Waals surface area contributed by atoms with Crippen LogP contribution in [0.4, 0.5) is 0 Å². The number of ether oxygens (including phenoxy) is 2. The van der Waals surface area contributed by atoms with Gasteiger partial charge in [-0.2, -0.15) is 0 Å². The summed E-state index contributed by atoms with van der Waals surface area (Å²) in [6.45, 7) is 1.94. The highest BCUT2D eigenvalue weighted by atomic mass is 16.5. The van der Waals surface area contributed by atoms with Crippen LogP contribution in [0.25, 0.3) is 21.9 Å². The van der Waals surface area contributed by atoms with Crippen LogP contribution >= 0.6 is 0 Å². The molecule has 112 valence electrons. The molecule has 0 atom stereocenters. The molecule has 0 bridgehead atoms. The molecule has 0 fully saturated rings. The minimum absolute atomic E-state index is 0.132. The van der Waals surface area contributed by atoms with E-state index >= 15 is 0 Å². The average molecular weight is 296 g/mol. The SMILES string of the molecule is COc1cc(-c2c[nH]c(=O)c3ccncc23)cc(OC)c1C. The van der Waals surface area contributed by atoms with Gasteiger partial charge < -0.3 is 14.5 Å². The van der Waals surface area contributed by atoms with Gasteiger partial charge in [-0.25, -0.2) is 0 Å². The molecule has 0 amide bonds. The molecule has 5 heteroatoms. The molecule has 1 aromatic carbocycles. The van der Waals surface area contributed by atoms with E-state index in [0.29, 0.717) is 5.39 Å². The second kappa shape index (κ2) is 5.52. The zero-order valence-corrected chi connectivity index (χ0v) is 12.6. The number of aromatic amines is 1. The van der Waals surface area contributed by atoms with Crippen LogP contribution in [0.3, 0.4) is 0 Å². The van der Waals surface area contributed by atoms with E-state index in [1.54, 1.807) is 38.9 Å². The van der Waals surface area contributed by atoms with Crippen molar-refractivity contribution in [2.45, 2.75) is 6.92 Å². The summed E-state index contributed by atoms with van der Waals surface area (Å²) in [5.41, 5.74) is 2.57. The normalized spacial score (nSPS) is 10.7. The van der Waals surface area contributed by atoms with Crippen LogP contribution in [0.5, 0.6) is 11.5 Å². The molecule has 3 rings (SSSR count). The monoisotopic (exact) mass is 296 g/mol. The molecule has 0 saturated carbocycles. The highest BCUT2D eigenvalue weighted by Crippen LogP contribution is 2.35. The smallest absolute Gasteiger partial charge is 0.255 e. The fourth-order valence-corrected chi connectivity index (χ4v) is 2.58. The van der Waals surface area contributed by atoms with E-state index < -0.39 is 0 Å². The quantitative estimate of drug-likeness (QED) is 0.807. The number of benzene rings is 1. The topological polar surface area (TPSA) is 64.2 Å².